The van der Waals surface area contributed by atoms with Crippen molar-refractivity contribution in [1.82, 2.24) is 0 Å². The molecule has 0 aliphatic carbocycles. The number of rotatable bonds is 4. The zero-order valence-corrected chi connectivity index (χ0v) is 13.3. The van der Waals surface area contributed by atoms with Crippen molar-refractivity contribution in [2.45, 2.75) is 6.61 Å². The van der Waals surface area contributed by atoms with Crippen molar-refractivity contribution in [2.75, 3.05) is 7.11 Å². The number of phenolic OH excluding ortho intramolecular Hbond substituents is 1. The number of halogens is 1. The largest absolute Gasteiger partial charge is 0.507 e. The molecule has 1 N–H and O–H groups in total. The zero-order chi connectivity index (χ0) is 16.1. The molecule has 0 fully saturated rings. The van der Waals surface area contributed by atoms with Crippen LogP contribution in [0, 0.1) is 0 Å². The Kier molecular flexibility index (Phi) is 5.16. The van der Waals surface area contributed by atoms with Crippen LogP contribution in [0.4, 0.5) is 0 Å². The number of esters is 2. The van der Waals surface area contributed by atoms with Gasteiger partial charge in [-0.25, -0.2) is 9.59 Å². The first kappa shape index (κ1) is 16.0. The molecular formula is C16H13BrO5. The van der Waals surface area contributed by atoms with Crippen LogP contribution in [0.1, 0.15) is 26.3 Å². The summed E-state index contributed by atoms with van der Waals surface area (Å²) in [6.45, 7) is 0.0340. The maximum atomic E-state index is 11.9. The van der Waals surface area contributed by atoms with Gasteiger partial charge in [0.05, 0.1) is 12.7 Å². The maximum Gasteiger partial charge on any atom is 0.342 e. The Bertz CT molecular complexity index is 694. The molecule has 114 valence electrons. The van der Waals surface area contributed by atoms with E-state index < -0.39 is 11.9 Å². The predicted molar refractivity (Wildman–Crippen MR) is 82.7 cm³/mol. The Morgan fingerprint density at radius 2 is 1.77 bits per heavy atom. The van der Waals surface area contributed by atoms with E-state index in [4.69, 9.17) is 4.74 Å². The molecule has 0 unspecified atom stereocenters. The molecule has 0 heterocycles. The van der Waals surface area contributed by atoms with Gasteiger partial charge in [-0.15, -0.1) is 0 Å². The summed E-state index contributed by atoms with van der Waals surface area (Å²) in [6, 6.07) is 11.0. The Morgan fingerprint density at radius 1 is 1.09 bits per heavy atom. The smallest absolute Gasteiger partial charge is 0.342 e. The summed E-state index contributed by atoms with van der Waals surface area (Å²) < 4.78 is 10.4. The van der Waals surface area contributed by atoms with Gasteiger partial charge in [-0.2, -0.15) is 0 Å². The highest BCUT2D eigenvalue weighted by Crippen LogP contribution is 2.23. The van der Waals surface area contributed by atoms with Crippen LogP contribution in [-0.4, -0.2) is 24.2 Å². The zero-order valence-electron chi connectivity index (χ0n) is 11.7. The minimum Gasteiger partial charge on any atom is -0.507 e. The lowest BCUT2D eigenvalue weighted by atomic mass is 10.1. The van der Waals surface area contributed by atoms with Gasteiger partial charge in [0, 0.05) is 4.47 Å². The van der Waals surface area contributed by atoms with Crippen LogP contribution in [-0.2, 0) is 16.1 Å². The van der Waals surface area contributed by atoms with Gasteiger partial charge < -0.3 is 14.6 Å². The van der Waals surface area contributed by atoms with E-state index in [0.29, 0.717) is 10.0 Å². The molecule has 22 heavy (non-hydrogen) atoms. The van der Waals surface area contributed by atoms with E-state index in [1.165, 1.54) is 19.2 Å². The first-order chi connectivity index (χ1) is 10.5. The maximum absolute atomic E-state index is 11.9. The third kappa shape index (κ3) is 3.85. The second-order valence-corrected chi connectivity index (χ2v) is 5.34. The van der Waals surface area contributed by atoms with Crippen molar-refractivity contribution in [1.29, 1.82) is 0 Å². The van der Waals surface area contributed by atoms with Gasteiger partial charge in [-0.3, -0.25) is 0 Å². The molecule has 2 rings (SSSR count). The number of aromatic hydroxyl groups is 1. The van der Waals surface area contributed by atoms with Gasteiger partial charge in [0.1, 0.15) is 17.9 Å². The third-order valence-corrected chi connectivity index (χ3v) is 3.42. The fourth-order valence-electron chi connectivity index (χ4n) is 1.75. The topological polar surface area (TPSA) is 72.8 Å². The van der Waals surface area contributed by atoms with Crippen LogP contribution >= 0.6 is 15.9 Å². The summed E-state index contributed by atoms with van der Waals surface area (Å²) in [5, 5.41) is 9.65. The summed E-state index contributed by atoms with van der Waals surface area (Å²) in [5.74, 6) is -1.20. The predicted octanol–water partition coefficient (Wildman–Crippen LogP) is 3.30. The lowest BCUT2D eigenvalue weighted by molar-refractivity contribution is 0.0468. The van der Waals surface area contributed by atoms with E-state index in [0.717, 1.165) is 5.56 Å². The van der Waals surface area contributed by atoms with Gasteiger partial charge >= 0.3 is 11.9 Å². The number of carbonyl (C=O) groups is 2. The third-order valence-electron chi connectivity index (χ3n) is 2.92. The van der Waals surface area contributed by atoms with Gasteiger partial charge in [0.15, 0.2) is 0 Å². The molecule has 5 nitrogen and oxygen atoms in total. The minimum atomic E-state index is -0.629. The lowest BCUT2D eigenvalue weighted by Gasteiger charge is -2.07. The second-order valence-electron chi connectivity index (χ2n) is 4.43. The second kappa shape index (κ2) is 7.09. The first-order valence-corrected chi connectivity index (χ1v) is 7.13. The number of phenols is 1. The molecule has 0 saturated carbocycles. The molecule has 0 aliphatic rings. The van der Waals surface area contributed by atoms with Crippen LogP contribution in [0.15, 0.2) is 46.9 Å². The van der Waals surface area contributed by atoms with Crippen LogP contribution in [0.25, 0.3) is 0 Å². The van der Waals surface area contributed by atoms with Crippen molar-refractivity contribution in [3.63, 3.8) is 0 Å². The number of ether oxygens (including phenoxy) is 2. The standard InChI is InChI=1S/C16H13BrO5/c1-21-15(19)11-4-2-10(3-5-11)9-22-16(20)13-8-12(17)6-7-14(13)18/h2-8,18H,9H2,1H3. The number of methoxy groups -OCH3 is 1. The summed E-state index contributed by atoms with van der Waals surface area (Å²) in [6.07, 6.45) is 0. The SMILES string of the molecule is COC(=O)c1ccc(COC(=O)c2cc(Br)ccc2O)cc1. The van der Waals surface area contributed by atoms with Crippen LogP contribution in [0.5, 0.6) is 5.75 Å². The summed E-state index contributed by atoms with van der Waals surface area (Å²) in [4.78, 5) is 23.2. The monoisotopic (exact) mass is 364 g/mol. The van der Waals surface area contributed by atoms with Crippen molar-refractivity contribution in [3.05, 3.63) is 63.6 Å². The van der Waals surface area contributed by atoms with Gasteiger partial charge in [-0.1, -0.05) is 28.1 Å². The molecule has 0 amide bonds. The molecule has 0 spiro atoms. The molecule has 2 aromatic rings. The van der Waals surface area contributed by atoms with E-state index >= 15 is 0 Å². The molecule has 0 saturated heterocycles. The highest BCUT2D eigenvalue weighted by molar-refractivity contribution is 9.10. The average Bonchev–Trinajstić information content (AvgIpc) is 2.54. The normalized spacial score (nSPS) is 10.1. The quantitative estimate of drug-likeness (QED) is 0.842. The van der Waals surface area contributed by atoms with Crippen molar-refractivity contribution in [2.24, 2.45) is 0 Å². The highest BCUT2D eigenvalue weighted by Gasteiger charge is 2.13. The van der Waals surface area contributed by atoms with E-state index in [1.807, 2.05) is 0 Å². The van der Waals surface area contributed by atoms with E-state index in [9.17, 15) is 14.7 Å². The number of hydrogen-bond donors (Lipinski definition) is 1. The van der Waals surface area contributed by atoms with Crippen LogP contribution in [0.3, 0.4) is 0 Å². The van der Waals surface area contributed by atoms with Crippen LogP contribution in [0.2, 0.25) is 0 Å². The molecule has 6 heteroatoms. The van der Waals surface area contributed by atoms with Crippen LogP contribution < -0.4 is 0 Å². The van der Waals surface area contributed by atoms with E-state index in [2.05, 4.69) is 20.7 Å². The van der Waals surface area contributed by atoms with Crippen molar-refractivity contribution < 1.29 is 24.2 Å². The molecular weight excluding hydrogens is 352 g/mol. The summed E-state index contributed by atoms with van der Waals surface area (Å²) in [7, 11) is 1.31. The first-order valence-electron chi connectivity index (χ1n) is 6.34. The number of benzene rings is 2. The van der Waals surface area contributed by atoms with E-state index in [1.54, 1.807) is 30.3 Å². The molecule has 0 aliphatic heterocycles. The highest BCUT2D eigenvalue weighted by atomic mass is 79.9. The van der Waals surface area contributed by atoms with Crippen molar-refractivity contribution in [3.8, 4) is 5.75 Å². The summed E-state index contributed by atoms with van der Waals surface area (Å²) in [5.41, 5.74) is 1.22. The Hall–Kier alpha value is -2.34. The minimum absolute atomic E-state index is 0.0340. The molecule has 0 atom stereocenters. The number of hydrogen-bond acceptors (Lipinski definition) is 5. The molecule has 0 radical (unpaired) electrons. The summed E-state index contributed by atoms with van der Waals surface area (Å²) >= 11 is 3.23. The van der Waals surface area contributed by atoms with E-state index in [-0.39, 0.29) is 17.9 Å². The average molecular weight is 365 g/mol. The fraction of sp³-hybridized carbons (Fsp3) is 0.125. The number of carbonyl (C=O) groups excluding carboxylic acids is 2. The van der Waals surface area contributed by atoms with Gasteiger partial charge in [-0.05, 0) is 35.9 Å². The fourth-order valence-corrected chi connectivity index (χ4v) is 2.11. The Balaban J connectivity index is 2.02. The van der Waals surface area contributed by atoms with Gasteiger partial charge in [0.25, 0.3) is 0 Å². The van der Waals surface area contributed by atoms with Crippen molar-refractivity contribution >= 4 is 27.9 Å². The molecule has 0 aromatic heterocycles. The molecule has 2 aromatic carbocycles. The molecule has 0 bridgehead atoms. The Labute approximate surface area is 135 Å². The lowest BCUT2D eigenvalue weighted by Crippen LogP contribution is -2.06. The van der Waals surface area contributed by atoms with Gasteiger partial charge in [0.2, 0.25) is 0 Å². The Morgan fingerprint density at radius 3 is 2.41 bits per heavy atom.